The van der Waals surface area contributed by atoms with Gasteiger partial charge in [-0.15, -0.1) is 5.10 Å². The van der Waals surface area contributed by atoms with E-state index in [1.165, 1.54) is 42.6 Å². The van der Waals surface area contributed by atoms with Gasteiger partial charge < -0.3 is 4.74 Å². The minimum absolute atomic E-state index is 0.0254. The van der Waals surface area contributed by atoms with Crippen molar-refractivity contribution in [3.63, 3.8) is 0 Å². The largest absolute Gasteiger partial charge is 0.493 e. The fraction of sp³-hybridized carbons (Fsp3) is 0.304. The summed E-state index contributed by atoms with van der Waals surface area (Å²) in [4.78, 5) is -0.104. The molecule has 1 aliphatic rings. The number of benzene rings is 2. The van der Waals surface area contributed by atoms with Crippen molar-refractivity contribution in [3.05, 3.63) is 77.0 Å². The van der Waals surface area contributed by atoms with E-state index in [0.29, 0.717) is 17.5 Å². The van der Waals surface area contributed by atoms with Crippen LogP contribution in [0.5, 0.6) is 5.75 Å². The Hall–Kier alpha value is -3.28. The summed E-state index contributed by atoms with van der Waals surface area (Å²) in [7, 11) is -4.02. The molecule has 2 heterocycles. The SMILES string of the molecule is O=S(=O)(Nc1cccnn1)c1ccc2c(c1)OCC[C@@H]2c1ccc(C(F)(F)F)cc1CCC(F)F. The number of aryl methyl sites for hydroxylation is 1. The van der Waals surface area contributed by atoms with Crippen LogP contribution < -0.4 is 9.46 Å². The molecule has 4 rings (SSSR count). The molecule has 0 spiro atoms. The summed E-state index contributed by atoms with van der Waals surface area (Å²) in [6, 6.07) is 10.3. The third-order valence-corrected chi connectivity index (χ3v) is 6.98. The van der Waals surface area contributed by atoms with E-state index in [1.807, 2.05) is 0 Å². The first kappa shape index (κ1) is 24.8. The summed E-state index contributed by atoms with van der Waals surface area (Å²) in [5.41, 5.74) is 0.317. The molecule has 0 bridgehead atoms. The molecule has 1 N–H and O–H groups in total. The van der Waals surface area contributed by atoms with Crippen molar-refractivity contribution in [1.82, 2.24) is 10.2 Å². The third kappa shape index (κ3) is 5.69. The van der Waals surface area contributed by atoms with Crippen LogP contribution in [0.2, 0.25) is 0 Å². The zero-order valence-electron chi connectivity index (χ0n) is 18.1. The highest BCUT2D eigenvalue weighted by molar-refractivity contribution is 7.92. The van der Waals surface area contributed by atoms with Crippen LogP contribution in [0.15, 0.2) is 59.6 Å². The fourth-order valence-electron chi connectivity index (χ4n) is 4.02. The number of sulfonamides is 1. The van der Waals surface area contributed by atoms with Gasteiger partial charge in [-0.3, -0.25) is 4.72 Å². The molecule has 12 heteroatoms. The van der Waals surface area contributed by atoms with Crippen LogP contribution in [0.1, 0.15) is 41.0 Å². The molecule has 0 saturated carbocycles. The fourth-order valence-corrected chi connectivity index (χ4v) is 5.03. The molecule has 0 fully saturated rings. The predicted octanol–water partition coefficient (Wildman–Crippen LogP) is 5.41. The van der Waals surface area contributed by atoms with Crippen LogP contribution >= 0.6 is 0 Å². The Labute approximate surface area is 198 Å². The van der Waals surface area contributed by atoms with E-state index in [9.17, 15) is 30.4 Å². The van der Waals surface area contributed by atoms with Gasteiger partial charge in [0.1, 0.15) is 5.75 Å². The monoisotopic (exact) mass is 513 g/mol. The molecule has 2 aromatic carbocycles. The number of hydrogen-bond acceptors (Lipinski definition) is 5. The van der Waals surface area contributed by atoms with Gasteiger partial charge in [0.25, 0.3) is 10.0 Å². The third-order valence-electron chi connectivity index (χ3n) is 5.62. The summed E-state index contributed by atoms with van der Waals surface area (Å²) >= 11 is 0. The van der Waals surface area contributed by atoms with E-state index in [0.717, 1.165) is 12.1 Å². The van der Waals surface area contributed by atoms with Crippen LogP contribution in [0.4, 0.5) is 27.8 Å². The second-order valence-electron chi connectivity index (χ2n) is 7.94. The van der Waals surface area contributed by atoms with Gasteiger partial charge in [0.2, 0.25) is 6.43 Å². The lowest BCUT2D eigenvalue weighted by atomic mass is 9.82. The Kier molecular flexibility index (Phi) is 6.93. The number of halogens is 5. The molecule has 3 aromatic rings. The van der Waals surface area contributed by atoms with Gasteiger partial charge in [0, 0.05) is 30.2 Å². The van der Waals surface area contributed by atoms with Gasteiger partial charge in [-0.1, -0.05) is 12.1 Å². The number of alkyl halides is 5. The van der Waals surface area contributed by atoms with Gasteiger partial charge in [-0.05, 0) is 54.3 Å². The Morgan fingerprint density at radius 2 is 1.86 bits per heavy atom. The molecule has 1 aromatic heterocycles. The molecule has 0 saturated heterocycles. The van der Waals surface area contributed by atoms with Crippen molar-refractivity contribution >= 4 is 15.8 Å². The zero-order valence-corrected chi connectivity index (χ0v) is 18.9. The van der Waals surface area contributed by atoms with E-state index < -0.39 is 40.5 Å². The van der Waals surface area contributed by atoms with E-state index >= 15 is 0 Å². The molecular formula is C23H20F5N3O3S. The number of ether oxygens (including phenoxy) is 1. The number of aromatic nitrogens is 2. The lowest BCUT2D eigenvalue weighted by Gasteiger charge is -2.29. The van der Waals surface area contributed by atoms with Crippen LogP contribution in [0.3, 0.4) is 0 Å². The molecule has 35 heavy (non-hydrogen) atoms. The minimum Gasteiger partial charge on any atom is -0.493 e. The number of nitrogens with one attached hydrogen (secondary N) is 1. The van der Waals surface area contributed by atoms with Crippen molar-refractivity contribution in [1.29, 1.82) is 0 Å². The molecule has 6 nitrogen and oxygen atoms in total. The molecule has 1 aliphatic heterocycles. The molecule has 0 aliphatic carbocycles. The van der Waals surface area contributed by atoms with Gasteiger partial charge >= 0.3 is 6.18 Å². The van der Waals surface area contributed by atoms with E-state index in [1.54, 1.807) is 0 Å². The minimum atomic E-state index is -4.61. The van der Waals surface area contributed by atoms with Gasteiger partial charge in [-0.2, -0.15) is 18.3 Å². The second kappa shape index (κ2) is 9.76. The van der Waals surface area contributed by atoms with Crippen molar-refractivity contribution in [2.45, 2.75) is 42.7 Å². The van der Waals surface area contributed by atoms with Crippen LogP contribution in [-0.2, 0) is 22.6 Å². The molecule has 186 valence electrons. The normalized spacial score (nSPS) is 16.0. The highest BCUT2D eigenvalue weighted by atomic mass is 32.2. The Morgan fingerprint density at radius 1 is 1.09 bits per heavy atom. The Bertz CT molecular complexity index is 1300. The Morgan fingerprint density at radius 3 is 2.54 bits per heavy atom. The molecular weight excluding hydrogens is 493 g/mol. The van der Waals surface area contributed by atoms with E-state index in [4.69, 9.17) is 4.74 Å². The number of anilines is 1. The van der Waals surface area contributed by atoms with Crippen molar-refractivity contribution in [2.75, 3.05) is 11.3 Å². The average Bonchev–Trinajstić information content (AvgIpc) is 2.81. The lowest BCUT2D eigenvalue weighted by Crippen LogP contribution is -2.19. The molecule has 1 atom stereocenters. The van der Waals surface area contributed by atoms with Crippen LogP contribution in [0, 0.1) is 0 Å². The Balaban J connectivity index is 1.69. The summed E-state index contributed by atoms with van der Waals surface area (Å²) < 4.78 is 99.0. The van der Waals surface area contributed by atoms with Crippen molar-refractivity contribution in [3.8, 4) is 5.75 Å². The first-order chi connectivity index (χ1) is 16.5. The predicted molar refractivity (Wildman–Crippen MR) is 117 cm³/mol. The van der Waals surface area contributed by atoms with Crippen molar-refractivity contribution < 1.29 is 35.1 Å². The van der Waals surface area contributed by atoms with Crippen LogP contribution in [-0.4, -0.2) is 31.6 Å². The topological polar surface area (TPSA) is 81.2 Å². The highest BCUT2D eigenvalue weighted by Gasteiger charge is 2.33. The highest BCUT2D eigenvalue weighted by Crippen LogP contribution is 2.42. The number of hydrogen-bond donors (Lipinski definition) is 1. The van der Waals surface area contributed by atoms with Gasteiger partial charge in [0.05, 0.1) is 17.1 Å². The quantitative estimate of drug-likeness (QED) is 0.428. The summed E-state index contributed by atoms with van der Waals surface area (Å²) in [5.74, 6) is -0.168. The van der Waals surface area contributed by atoms with Gasteiger partial charge in [0.15, 0.2) is 5.82 Å². The molecule has 0 amide bonds. The maximum Gasteiger partial charge on any atom is 0.416 e. The van der Waals surface area contributed by atoms with E-state index in [-0.39, 0.29) is 35.1 Å². The molecule has 0 radical (unpaired) electrons. The number of fused-ring (bicyclic) bond motifs is 1. The number of rotatable bonds is 7. The first-order valence-electron chi connectivity index (χ1n) is 10.6. The lowest BCUT2D eigenvalue weighted by molar-refractivity contribution is -0.137. The van der Waals surface area contributed by atoms with E-state index in [2.05, 4.69) is 14.9 Å². The first-order valence-corrected chi connectivity index (χ1v) is 12.1. The maximum atomic E-state index is 13.3. The second-order valence-corrected chi connectivity index (χ2v) is 9.63. The molecule has 0 unspecified atom stereocenters. The number of nitrogens with zero attached hydrogens (tertiary/aromatic N) is 2. The van der Waals surface area contributed by atoms with Crippen molar-refractivity contribution in [2.24, 2.45) is 0 Å². The zero-order chi connectivity index (χ0) is 25.2. The average molecular weight is 513 g/mol. The smallest absolute Gasteiger partial charge is 0.416 e. The summed E-state index contributed by atoms with van der Waals surface area (Å²) in [5, 5.41) is 7.30. The maximum absolute atomic E-state index is 13.3. The summed E-state index contributed by atoms with van der Waals surface area (Å²) in [6.07, 6.45) is -6.28. The summed E-state index contributed by atoms with van der Waals surface area (Å²) in [6.45, 7) is 0.175. The van der Waals surface area contributed by atoms with Crippen LogP contribution in [0.25, 0.3) is 0 Å². The van der Waals surface area contributed by atoms with Gasteiger partial charge in [-0.25, -0.2) is 17.2 Å². The standard InChI is InChI=1S/C23H20F5N3O3S/c24-21(25)8-3-14-12-15(23(26,27)28)4-6-17(14)18-9-11-34-20-13-16(5-7-19(18)20)35(32,33)31-22-2-1-10-29-30-22/h1-2,4-7,10,12-13,18,21H,3,8-9,11H2,(H,30,31)/t18-/m1/s1.